The first-order chi connectivity index (χ1) is 8.63. The molecule has 0 aliphatic heterocycles. The molecule has 0 aliphatic rings. The van der Waals surface area contributed by atoms with Crippen molar-refractivity contribution < 1.29 is 4.92 Å². The van der Waals surface area contributed by atoms with Gasteiger partial charge in [0.2, 0.25) is 0 Å². The monoisotopic (exact) mass is 259 g/mol. The van der Waals surface area contributed by atoms with Crippen LogP contribution in [0, 0.1) is 21.4 Å². The SMILES string of the molecule is C[S+](C[N+](=O)[O-])c1ccc(C#N)c2ccccc12. The second-order valence-corrected chi connectivity index (χ2v) is 5.84. The van der Waals surface area contributed by atoms with Crippen molar-refractivity contribution >= 4 is 21.7 Å². The van der Waals surface area contributed by atoms with E-state index in [1.165, 1.54) is 0 Å². The molecule has 0 spiro atoms. The van der Waals surface area contributed by atoms with Crippen molar-refractivity contribution in [1.29, 1.82) is 5.26 Å². The molecule has 0 fully saturated rings. The smallest absolute Gasteiger partial charge is 0.260 e. The number of hydrogen-bond donors (Lipinski definition) is 0. The van der Waals surface area contributed by atoms with Gasteiger partial charge < -0.3 is 0 Å². The second kappa shape index (κ2) is 5.07. The molecule has 5 heteroatoms. The van der Waals surface area contributed by atoms with Gasteiger partial charge in [-0.1, -0.05) is 18.2 Å². The molecule has 0 N–H and O–H groups in total. The lowest BCUT2D eigenvalue weighted by Crippen LogP contribution is -2.14. The van der Waals surface area contributed by atoms with Crippen LogP contribution >= 0.6 is 0 Å². The van der Waals surface area contributed by atoms with E-state index in [0.29, 0.717) is 5.56 Å². The molecule has 0 aliphatic carbocycles. The molecule has 2 aromatic rings. The van der Waals surface area contributed by atoms with Gasteiger partial charge in [0.25, 0.3) is 0 Å². The van der Waals surface area contributed by atoms with Crippen molar-refractivity contribution in [3.05, 3.63) is 52.1 Å². The van der Waals surface area contributed by atoms with Gasteiger partial charge in [0.05, 0.1) is 27.5 Å². The van der Waals surface area contributed by atoms with Crippen molar-refractivity contribution in [3.8, 4) is 6.07 Å². The number of nitro groups is 1. The summed E-state index contributed by atoms with van der Waals surface area (Å²) in [7, 11) is -0.457. The number of fused-ring (bicyclic) bond motifs is 1. The quantitative estimate of drug-likeness (QED) is 0.483. The van der Waals surface area contributed by atoms with Crippen LogP contribution in [0.1, 0.15) is 5.56 Å². The Morgan fingerprint density at radius 2 is 1.94 bits per heavy atom. The third-order valence-electron chi connectivity index (χ3n) is 2.68. The summed E-state index contributed by atoms with van der Waals surface area (Å²) in [4.78, 5) is 11.3. The van der Waals surface area contributed by atoms with Gasteiger partial charge in [0.1, 0.15) is 6.26 Å². The van der Waals surface area contributed by atoms with Crippen LogP contribution in [-0.4, -0.2) is 17.1 Å². The lowest BCUT2D eigenvalue weighted by atomic mass is 10.1. The zero-order valence-corrected chi connectivity index (χ0v) is 10.6. The topological polar surface area (TPSA) is 66.9 Å². The van der Waals surface area contributed by atoms with E-state index < -0.39 is 10.9 Å². The summed E-state index contributed by atoms with van der Waals surface area (Å²) in [6, 6.07) is 13.3. The van der Waals surface area contributed by atoms with Crippen molar-refractivity contribution in [2.24, 2.45) is 0 Å². The Morgan fingerprint density at radius 3 is 2.56 bits per heavy atom. The van der Waals surface area contributed by atoms with Gasteiger partial charge in [0.15, 0.2) is 4.90 Å². The van der Waals surface area contributed by atoms with E-state index in [0.717, 1.165) is 15.7 Å². The van der Waals surface area contributed by atoms with Gasteiger partial charge in [-0.05, 0) is 18.2 Å². The number of nitriles is 1. The third-order valence-corrected chi connectivity index (χ3v) is 4.38. The van der Waals surface area contributed by atoms with Gasteiger partial charge in [-0.25, -0.2) is 0 Å². The fourth-order valence-electron chi connectivity index (χ4n) is 1.90. The standard InChI is InChI=1S/C13H11N2O2S/c1-18(9-15(16)17)13-7-6-10(8-14)11-4-2-3-5-12(11)13/h2-7H,9H2,1H3/q+1. The molecule has 0 aromatic heterocycles. The Balaban J connectivity index is 2.60. The minimum atomic E-state index is -0.457. The first-order valence-corrected chi connectivity index (χ1v) is 7.10. The molecule has 0 bridgehead atoms. The molecule has 2 rings (SSSR count). The number of hydrogen-bond acceptors (Lipinski definition) is 3. The van der Waals surface area contributed by atoms with Gasteiger partial charge in [0, 0.05) is 10.8 Å². The largest absolute Gasteiger partial charge is 0.355 e. The molecule has 18 heavy (non-hydrogen) atoms. The summed E-state index contributed by atoms with van der Waals surface area (Å²) < 4.78 is 0. The van der Waals surface area contributed by atoms with Crippen LogP contribution in [0.5, 0.6) is 0 Å². The Labute approximate surface area is 107 Å². The maximum atomic E-state index is 10.6. The highest BCUT2D eigenvalue weighted by Crippen LogP contribution is 2.26. The molecule has 0 saturated heterocycles. The minimum absolute atomic E-state index is 0.0735. The van der Waals surface area contributed by atoms with Crippen LogP contribution in [0.15, 0.2) is 41.3 Å². The van der Waals surface area contributed by atoms with Gasteiger partial charge in [-0.3, -0.25) is 10.1 Å². The molecule has 0 amide bonds. The molecule has 0 saturated carbocycles. The van der Waals surface area contributed by atoms with Crippen molar-refractivity contribution in [2.75, 3.05) is 12.1 Å². The highest BCUT2D eigenvalue weighted by atomic mass is 32.2. The molecule has 1 atom stereocenters. The first-order valence-electron chi connectivity index (χ1n) is 5.29. The lowest BCUT2D eigenvalue weighted by Gasteiger charge is -2.04. The predicted molar refractivity (Wildman–Crippen MR) is 72.1 cm³/mol. The predicted octanol–water partition coefficient (Wildman–Crippen LogP) is 2.55. The second-order valence-electron chi connectivity index (χ2n) is 3.87. The fourth-order valence-corrected chi connectivity index (χ4v) is 3.21. The number of benzene rings is 2. The van der Waals surface area contributed by atoms with E-state index in [2.05, 4.69) is 6.07 Å². The fraction of sp³-hybridized carbons (Fsp3) is 0.154. The number of rotatable bonds is 3. The van der Waals surface area contributed by atoms with E-state index >= 15 is 0 Å². The Hall–Kier alpha value is -2.06. The van der Waals surface area contributed by atoms with E-state index in [1.54, 1.807) is 6.07 Å². The van der Waals surface area contributed by atoms with Gasteiger partial charge >= 0.3 is 5.88 Å². The maximum Gasteiger partial charge on any atom is 0.355 e. The van der Waals surface area contributed by atoms with Crippen molar-refractivity contribution in [3.63, 3.8) is 0 Å². The average Bonchev–Trinajstić information content (AvgIpc) is 2.36. The summed E-state index contributed by atoms with van der Waals surface area (Å²) in [5, 5.41) is 21.5. The van der Waals surface area contributed by atoms with Crippen molar-refractivity contribution in [1.82, 2.24) is 0 Å². The van der Waals surface area contributed by atoms with E-state index in [1.807, 2.05) is 36.6 Å². The summed E-state index contributed by atoms with van der Waals surface area (Å²) in [5.74, 6) is -0.0735. The molecule has 2 aromatic carbocycles. The van der Waals surface area contributed by atoms with Crippen LogP contribution in [0.4, 0.5) is 0 Å². The van der Waals surface area contributed by atoms with Gasteiger partial charge in [-0.2, -0.15) is 5.26 Å². The molecule has 0 radical (unpaired) electrons. The maximum absolute atomic E-state index is 10.6. The normalized spacial score (nSPS) is 12.0. The molecule has 0 heterocycles. The average molecular weight is 259 g/mol. The Morgan fingerprint density at radius 1 is 1.28 bits per heavy atom. The van der Waals surface area contributed by atoms with Crippen molar-refractivity contribution in [2.45, 2.75) is 4.90 Å². The molecular formula is C13H11N2O2S+. The zero-order valence-electron chi connectivity index (χ0n) is 9.79. The first kappa shape index (κ1) is 12.4. The van der Waals surface area contributed by atoms with Crippen LogP contribution in [0.25, 0.3) is 10.8 Å². The van der Waals surface area contributed by atoms with Crippen LogP contribution < -0.4 is 0 Å². The summed E-state index contributed by atoms with van der Waals surface area (Å²) in [5.41, 5.74) is 0.604. The zero-order chi connectivity index (χ0) is 13.1. The van der Waals surface area contributed by atoms with Crippen LogP contribution in [0.3, 0.4) is 0 Å². The molecule has 1 unspecified atom stereocenters. The van der Waals surface area contributed by atoms with Crippen LogP contribution in [-0.2, 0) is 10.9 Å². The summed E-state index contributed by atoms with van der Waals surface area (Å²) >= 11 is 0. The minimum Gasteiger partial charge on any atom is -0.260 e. The molecular weight excluding hydrogens is 248 g/mol. The van der Waals surface area contributed by atoms with Gasteiger partial charge in [-0.15, -0.1) is 0 Å². The van der Waals surface area contributed by atoms with E-state index in [4.69, 9.17) is 5.26 Å². The Kier molecular flexibility index (Phi) is 3.49. The van der Waals surface area contributed by atoms with E-state index in [9.17, 15) is 10.1 Å². The highest BCUT2D eigenvalue weighted by molar-refractivity contribution is 7.96. The third kappa shape index (κ3) is 2.29. The number of nitrogens with zero attached hydrogens (tertiary/aromatic N) is 2. The summed E-state index contributed by atoms with van der Waals surface area (Å²) in [6.07, 6.45) is 1.86. The highest BCUT2D eigenvalue weighted by Gasteiger charge is 2.24. The molecule has 90 valence electrons. The Bertz CT molecular complexity index is 649. The van der Waals surface area contributed by atoms with E-state index in [-0.39, 0.29) is 10.8 Å². The molecule has 4 nitrogen and oxygen atoms in total. The van der Waals surface area contributed by atoms with Crippen LogP contribution in [0.2, 0.25) is 0 Å². The lowest BCUT2D eigenvalue weighted by molar-refractivity contribution is -0.457. The summed E-state index contributed by atoms with van der Waals surface area (Å²) in [6.45, 7) is 0.